The van der Waals surface area contributed by atoms with Crippen molar-refractivity contribution < 1.29 is 4.39 Å². The summed E-state index contributed by atoms with van der Waals surface area (Å²) in [5.41, 5.74) is 2.78. The Balaban J connectivity index is 2.06. The van der Waals surface area contributed by atoms with Crippen molar-refractivity contribution in [2.45, 2.75) is 32.1 Å². The first-order chi connectivity index (χ1) is 8.08. The van der Waals surface area contributed by atoms with Crippen molar-refractivity contribution in [3.63, 3.8) is 0 Å². The molecule has 0 amide bonds. The smallest absolute Gasteiger partial charge is 0.129 e. The number of allylic oxidation sites excluding steroid dienone is 1. The Labute approximate surface area is 102 Å². The minimum Gasteiger partial charge on any atom is -0.371 e. The van der Waals surface area contributed by atoms with Crippen LogP contribution in [0.5, 0.6) is 0 Å². The van der Waals surface area contributed by atoms with Crippen molar-refractivity contribution in [2.75, 3.05) is 18.0 Å². The lowest BCUT2D eigenvalue weighted by Gasteiger charge is -2.22. The van der Waals surface area contributed by atoms with Gasteiger partial charge < -0.3 is 4.90 Å². The quantitative estimate of drug-likeness (QED) is 0.712. The molecule has 1 heterocycles. The van der Waals surface area contributed by atoms with Gasteiger partial charge >= 0.3 is 0 Å². The van der Waals surface area contributed by atoms with Gasteiger partial charge in [-0.1, -0.05) is 26.0 Å². The van der Waals surface area contributed by atoms with Gasteiger partial charge in [0, 0.05) is 29.8 Å². The summed E-state index contributed by atoms with van der Waals surface area (Å²) >= 11 is 0. The van der Waals surface area contributed by atoms with Gasteiger partial charge in [0.25, 0.3) is 0 Å². The Morgan fingerprint density at radius 1 is 1.18 bits per heavy atom. The molecule has 1 aliphatic carbocycles. The van der Waals surface area contributed by atoms with Crippen LogP contribution in [0.4, 0.5) is 10.1 Å². The van der Waals surface area contributed by atoms with Crippen molar-refractivity contribution in [2.24, 2.45) is 0 Å². The first kappa shape index (κ1) is 10.8. The molecule has 1 fully saturated rings. The average Bonchev–Trinajstić information content (AvgIpc) is 2.86. The monoisotopic (exact) mass is 231 g/mol. The summed E-state index contributed by atoms with van der Waals surface area (Å²) in [6.45, 7) is 6.25. The van der Waals surface area contributed by atoms with Crippen LogP contribution in [-0.2, 0) is 5.41 Å². The van der Waals surface area contributed by atoms with E-state index in [-0.39, 0.29) is 11.2 Å². The van der Waals surface area contributed by atoms with Gasteiger partial charge in [0.1, 0.15) is 5.82 Å². The number of rotatable bonds is 1. The highest BCUT2D eigenvalue weighted by Crippen LogP contribution is 2.39. The van der Waals surface area contributed by atoms with Gasteiger partial charge in [0.2, 0.25) is 0 Å². The molecule has 0 radical (unpaired) electrons. The van der Waals surface area contributed by atoms with E-state index in [0.29, 0.717) is 0 Å². The Kier molecular flexibility index (Phi) is 2.29. The fourth-order valence-electron chi connectivity index (χ4n) is 2.96. The number of hydrogen-bond acceptors (Lipinski definition) is 1. The molecule has 0 spiro atoms. The summed E-state index contributed by atoms with van der Waals surface area (Å²) in [4.78, 5) is 2.28. The number of nitrogens with zero attached hydrogens (tertiary/aromatic N) is 1. The Bertz CT molecular complexity index is 482. The minimum atomic E-state index is -0.164. The third-order valence-electron chi connectivity index (χ3n) is 3.90. The lowest BCUT2D eigenvalue weighted by atomic mass is 9.86. The van der Waals surface area contributed by atoms with E-state index in [1.807, 2.05) is 0 Å². The molecule has 0 bridgehead atoms. The van der Waals surface area contributed by atoms with E-state index in [0.717, 1.165) is 29.9 Å². The second-order valence-electron chi connectivity index (χ2n) is 5.64. The van der Waals surface area contributed by atoms with Gasteiger partial charge in [0.05, 0.1) is 0 Å². The maximum atomic E-state index is 14.2. The van der Waals surface area contributed by atoms with Crippen molar-refractivity contribution >= 4 is 11.8 Å². The number of hydrogen-bond donors (Lipinski definition) is 0. The molecule has 2 heteroatoms. The highest BCUT2D eigenvalue weighted by Gasteiger charge is 2.29. The zero-order valence-corrected chi connectivity index (χ0v) is 10.5. The SMILES string of the molecule is CC1(C)C=Cc2cc(N3CCCC3)cc(F)c21. The van der Waals surface area contributed by atoms with Crippen LogP contribution >= 0.6 is 0 Å². The summed E-state index contributed by atoms with van der Waals surface area (Å²) in [6, 6.07) is 3.84. The molecule has 1 nitrogen and oxygen atoms in total. The molecule has 0 atom stereocenters. The van der Waals surface area contributed by atoms with E-state index in [1.165, 1.54) is 12.8 Å². The Morgan fingerprint density at radius 3 is 2.59 bits per heavy atom. The summed E-state index contributed by atoms with van der Waals surface area (Å²) in [7, 11) is 0. The zero-order valence-electron chi connectivity index (χ0n) is 10.5. The molecule has 0 unspecified atom stereocenters. The highest BCUT2D eigenvalue weighted by atomic mass is 19.1. The Morgan fingerprint density at radius 2 is 1.88 bits per heavy atom. The molecule has 1 aromatic rings. The van der Waals surface area contributed by atoms with E-state index >= 15 is 0 Å². The van der Waals surface area contributed by atoms with Crippen molar-refractivity contribution in [3.05, 3.63) is 35.2 Å². The summed E-state index contributed by atoms with van der Waals surface area (Å²) in [6.07, 6.45) is 6.59. The standard InChI is InChI=1S/C15H18FN/c1-15(2)6-5-11-9-12(10-13(16)14(11)15)17-7-3-4-8-17/h5-6,9-10H,3-4,7-8H2,1-2H3. The fraction of sp³-hybridized carbons (Fsp3) is 0.467. The maximum Gasteiger partial charge on any atom is 0.129 e. The predicted octanol–water partition coefficient (Wildman–Crippen LogP) is 3.73. The van der Waals surface area contributed by atoms with E-state index in [9.17, 15) is 4.39 Å². The molecular formula is C15H18FN. The first-order valence-electron chi connectivity index (χ1n) is 6.36. The summed E-state index contributed by atoms with van der Waals surface area (Å²) < 4.78 is 14.2. The van der Waals surface area contributed by atoms with E-state index < -0.39 is 0 Å². The highest BCUT2D eigenvalue weighted by molar-refractivity contribution is 5.69. The molecule has 1 saturated heterocycles. The molecule has 17 heavy (non-hydrogen) atoms. The van der Waals surface area contributed by atoms with E-state index in [1.54, 1.807) is 6.07 Å². The number of anilines is 1. The van der Waals surface area contributed by atoms with Crippen LogP contribution in [0.1, 0.15) is 37.8 Å². The van der Waals surface area contributed by atoms with Crippen LogP contribution in [-0.4, -0.2) is 13.1 Å². The van der Waals surface area contributed by atoms with Gasteiger partial charge in [-0.3, -0.25) is 0 Å². The Hall–Kier alpha value is -1.31. The van der Waals surface area contributed by atoms with E-state index in [4.69, 9.17) is 0 Å². The lowest BCUT2D eigenvalue weighted by Crippen LogP contribution is -2.19. The lowest BCUT2D eigenvalue weighted by molar-refractivity contribution is 0.564. The zero-order chi connectivity index (χ0) is 12.0. The third-order valence-corrected chi connectivity index (χ3v) is 3.90. The molecule has 2 aliphatic rings. The second-order valence-corrected chi connectivity index (χ2v) is 5.64. The summed E-state index contributed by atoms with van der Waals surface area (Å²) in [5, 5.41) is 0. The summed E-state index contributed by atoms with van der Waals surface area (Å²) in [5.74, 6) is -0.0561. The van der Waals surface area contributed by atoms with Gasteiger partial charge in [-0.25, -0.2) is 4.39 Å². The normalized spacial score (nSPS) is 21.0. The van der Waals surface area contributed by atoms with Crippen molar-refractivity contribution in [3.8, 4) is 0 Å². The van der Waals surface area contributed by atoms with Crippen molar-refractivity contribution in [1.29, 1.82) is 0 Å². The van der Waals surface area contributed by atoms with Crippen molar-refractivity contribution in [1.82, 2.24) is 0 Å². The topological polar surface area (TPSA) is 3.24 Å². The third kappa shape index (κ3) is 1.67. The molecular weight excluding hydrogens is 213 g/mol. The first-order valence-corrected chi connectivity index (χ1v) is 6.36. The molecule has 0 aromatic heterocycles. The van der Waals surface area contributed by atoms with Gasteiger partial charge in [-0.15, -0.1) is 0 Å². The molecule has 0 saturated carbocycles. The maximum absolute atomic E-state index is 14.2. The predicted molar refractivity (Wildman–Crippen MR) is 69.9 cm³/mol. The molecule has 1 aliphatic heterocycles. The second kappa shape index (κ2) is 3.59. The van der Waals surface area contributed by atoms with Gasteiger partial charge in [-0.2, -0.15) is 0 Å². The fourth-order valence-corrected chi connectivity index (χ4v) is 2.96. The molecule has 3 rings (SSSR count). The van der Waals surface area contributed by atoms with E-state index in [2.05, 4.69) is 37.0 Å². The number of halogens is 1. The molecule has 1 aromatic carbocycles. The molecule has 90 valence electrons. The van der Waals surface area contributed by atoms with Crippen LogP contribution < -0.4 is 4.90 Å². The number of fused-ring (bicyclic) bond motifs is 1. The van der Waals surface area contributed by atoms with Crippen LogP contribution in [0.3, 0.4) is 0 Å². The average molecular weight is 231 g/mol. The van der Waals surface area contributed by atoms with Crippen LogP contribution in [0.15, 0.2) is 18.2 Å². The number of benzene rings is 1. The van der Waals surface area contributed by atoms with Crippen LogP contribution in [0, 0.1) is 5.82 Å². The molecule has 0 N–H and O–H groups in total. The van der Waals surface area contributed by atoms with Gasteiger partial charge in [0.15, 0.2) is 0 Å². The van der Waals surface area contributed by atoms with Crippen LogP contribution in [0.25, 0.3) is 6.08 Å². The van der Waals surface area contributed by atoms with Crippen LogP contribution in [0.2, 0.25) is 0 Å². The minimum absolute atomic E-state index is 0.0561. The largest absolute Gasteiger partial charge is 0.371 e. The van der Waals surface area contributed by atoms with Gasteiger partial charge in [-0.05, 0) is 30.5 Å².